The third kappa shape index (κ3) is 4.97. The van der Waals surface area contributed by atoms with E-state index in [9.17, 15) is 27.6 Å². The van der Waals surface area contributed by atoms with Crippen LogP contribution in [0.4, 0.5) is 18.9 Å². The largest absolute Gasteiger partial charge is 0.354 e. The topological polar surface area (TPSA) is 78.5 Å². The molecule has 0 radical (unpaired) electrons. The van der Waals surface area contributed by atoms with Crippen LogP contribution in [0.15, 0.2) is 36.4 Å². The lowest BCUT2D eigenvalue weighted by Gasteiger charge is -2.17. The summed E-state index contributed by atoms with van der Waals surface area (Å²) in [5.74, 6) is -4.06. The molecule has 3 amide bonds. The van der Waals surface area contributed by atoms with Gasteiger partial charge in [-0.1, -0.05) is 6.07 Å². The van der Waals surface area contributed by atoms with Crippen molar-refractivity contribution in [2.45, 2.75) is 13.3 Å². The van der Waals surface area contributed by atoms with E-state index in [4.69, 9.17) is 0 Å². The van der Waals surface area contributed by atoms with Gasteiger partial charge in [0.2, 0.25) is 11.8 Å². The fourth-order valence-corrected chi connectivity index (χ4v) is 3.17. The van der Waals surface area contributed by atoms with Gasteiger partial charge in [0.05, 0.1) is 5.92 Å². The molecule has 1 fully saturated rings. The number of hydrogen-bond acceptors (Lipinski definition) is 3. The van der Waals surface area contributed by atoms with E-state index >= 15 is 0 Å². The Morgan fingerprint density at radius 3 is 2.37 bits per heavy atom. The molecule has 9 heteroatoms. The summed E-state index contributed by atoms with van der Waals surface area (Å²) in [6, 6.07) is 6.90. The summed E-state index contributed by atoms with van der Waals surface area (Å²) in [6.07, 6.45) is -0.0844. The maximum absolute atomic E-state index is 13.5. The second-order valence-corrected chi connectivity index (χ2v) is 7.04. The zero-order valence-electron chi connectivity index (χ0n) is 16.2. The van der Waals surface area contributed by atoms with Crippen LogP contribution in [-0.4, -0.2) is 37.4 Å². The van der Waals surface area contributed by atoms with Gasteiger partial charge in [-0.3, -0.25) is 14.4 Å². The first-order chi connectivity index (χ1) is 14.2. The number of rotatable bonds is 6. The minimum Gasteiger partial charge on any atom is -0.354 e. The van der Waals surface area contributed by atoms with Crippen LogP contribution in [-0.2, 0) is 9.59 Å². The van der Waals surface area contributed by atoms with E-state index in [0.29, 0.717) is 11.6 Å². The first kappa shape index (κ1) is 21.4. The molecule has 1 unspecified atom stereocenters. The first-order valence-corrected chi connectivity index (χ1v) is 9.33. The molecule has 0 saturated carbocycles. The van der Waals surface area contributed by atoms with Gasteiger partial charge in [0.25, 0.3) is 5.91 Å². The molecule has 1 atom stereocenters. The minimum absolute atomic E-state index is 0.00254. The molecule has 2 aromatic carbocycles. The number of hydrogen-bond donors (Lipinski definition) is 2. The van der Waals surface area contributed by atoms with Crippen molar-refractivity contribution in [3.8, 4) is 0 Å². The number of amides is 3. The maximum Gasteiger partial charge on any atom is 0.251 e. The zero-order valence-corrected chi connectivity index (χ0v) is 16.2. The molecule has 1 aliphatic rings. The van der Waals surface area contributed by atoms with Gasteiger partial charge in [-0.2, -0.15) is 0 Å². The van der Waals surface area contributed by atoms with Crippen LogP contribution in [0.2, 0.25) is 0 Å². The van der Waals surface area contributed by atoms with Gasteiger partial charge in [-0.05, 0) is 36.8 Å². The number of nitrogens with one attached hydrogen (secondary N) is 2. The Morgan fingerprint density at radius 2 is 1.70 bits per heavy atom. The number of aryl methyl sites for hydroxylation is 1. The lowest BCUT2D eigenvalue weighted by atomic mass is 10.1. The summed E-state index contributed by atoms with van der Waals surface area (Å²) < 4.78 is 40.3. The van der Waals surface area contributed by atoms with Gasteiger partial charge in [-0.25, -0.2) is 13.2 Å². The molecule has 3 rings (SSSR count). The third-order valence-electron chi connectivity index (χ3n) is 4.80. The van der Waals surface area contributed by atoms with Gasteiger partial charge < -0.3 is 15.5 Å². The molecule has 158 valence electrons. The normalized spacial score (nSPS) is 15.9. The average molecular weight is 419 g/mol. The maximum atomic E-state index is 13.5. The van der Waals surface area contributed by atoms with Crippen molar-refractivity contribution < 1.29 is 27.6 Å². The lowest BCUT2D eigenvalue weighted by molar-refractivity contribution is -0.126. The quantitative estimate of drug-likeness (QED) is 0.706. The molecule has 0 spiro atoms. The fraction of sp³-hybridized carbons (Fsp3) is 0.286. The van der Waals surface area contributed by atoms with Crippen molar-refractivity contribution in [2.75, 3.05) is 24.5 Å². The first-order valence-electron chi connectivity index (χ1n) is 9.33. The summed E-state index contributed by atoms with van der Waals surface area (Å²) in [4.78, 5) is 37.6. The predicted molar refractivity (Wildman–Crippen MR) is 103 cm³/mol. The Hall–Kier alpha value is -3.36. The fourth-order valence-electron chi connectivity index (χ4n) is 3.17. The predicted octanol–water partition coefficient (Wildman–Crippen LogP) is 2.31. The van der Waals surface area contributed by atoms with Gasteiger partial charge in [-0.15, -0.1) is 0 Å². The molecule has 2 aromatic rings. The van der Waals surface area contributed by atoms with E-state index in [2.05, 4.69) is 10.6 Å². The second kappa shape index (κ2) is 8.98. The van der Waals surface area contributed by atoms with Crippen LogP contribution in [0, 0.1) is 30.3 Å². The Labute approximate surface area is 171 Å². The highest BCUT2D eigenvalue weighted by atomic mass is 19.1. The molecule has 1 heterocycles. The summed E-state index contributed by atoms with van der Waals surface area (Å²) in [5, 5.41) is 5.18. The minimum atomic E-state index is -0.810. The van der Waals surface area contributed by atoms with Gasteiger partial charge in [0, 0.05) is 43.4 Å². The number of carbonyl (C=O) groups excluding carboxylic acids is 3. The van der Waals surface area contributed by atoms with E-state index in [1.165, 1.54) is 17.0 Å². The molecular formula is C21H20F3N3O3. The van der Waals surface area contributed by atoms with Crippen molar-refractivity contribution in [1.82, 2.24) is 10.6 Å². The lowest BCUT2D eigenvalue weighted by Crippen LogP contribution is -2.38. The summed E-state index contributed by atoms with van der Waals surface area (Å²) in [5.41, 5.74) is 0.661. The van der Waals surface area contributed by atoms with E-state index in [1.807, 2.05) is 0 Å². The molecule has 0 aromatic heterocycles. The van der Waals surface area contributed by atoms with Crippen LogP contribution in [0.3, 0.4) is 0 Å². The Balaban J connectivity index is 1.48. The number of halogens is 3. The van der Waals surface area contributed by atoms with Crippen LogP contribution in [0.5, 0.6) is 0 Å². The molecule has 1 aliphatic heterocycles. The van der Waals surface area contributed by atoms with Gasteiger partial charge >= 0.3 is 0 Å². The highest BCUT2D eigenvalue weighted by Crippen LogP contribution is 2.26. The number of carbonyl (C=O) groups is 3. The van der Waals surface area contributed by atoms with Crippen LogP contribution >= 0.6 is 0 Å². The summed E-state index contributed by atoms with van der Waals surface area (Å²) in [6.45, 7) is 1.81. The van der Waals surface area contributed by atoms with Crippen molar-refractivity contribution in [3.05, 3.63) is 65.0 Å². The highest BCUT2D eigenvalue weighted by Gasteiger charge is 2.35. The van der Waals surface area contributed by atoms with E-state index in [-0.39, 0.29) is 37.3 Å². The SMILES string of the molecule is Cc1ccc(C(=O)NCCNC(=O)C2CC(=O)N(c3cc(F)cc(F)c3)C2)cc1F. The van der Waals surface area contributed by atoms with Crippen molar-refractivity contribution >= 4 is 23.4 Å². The van der Waals surface area contributed by atoms with Crippen LogP contribution in [0.1, 0.15) is 22.3 Å². The Kier molecular flexibility index (Phi) is 6.39. The monoisotopic (exact) mass is 419 g/mol. The highest BCUT2D eigenvalue weighted by molar-refractivity contribution is 6.00. The van der Waals surface area contributed by atoms with Crippen LogP contribution in [0.25, 0.3) is 0 Å². The smallest absolute Gasteiger partial charge is 0.251 e. The van der Waals surface area contributed by atoms with E-state index < -0.39 is 41.1 Å². The van der Waals surface area contributed by atoms with Gasteiger partial charge in [0.15, 0.2) is 0 Å². The van der Waals surface area contributed by atoms with Crippen molar-refractivity contribution in [1.29, 1.82) is 0 Å². The average Bonchev–Trinajstić information content (AvgIpc) is 3.08. The molecule has 0 bridgehead atoms. The molecule has 0 aliphatic carbocycles. The molecule has 2 N–H and O–H groups in total. The summed E-state index contributed by atoms with van der Waals surface area (Å²) in [7, 11) is 0. The summed E-state index contributed by atoms with van der Waals surface area (Å²) >= 11 is 0. The standard InChI is InChI=1S/C21H20F3N3O3/c1-12-2-3-13(6-18(12)24)20(29)25-4-5-26-21(30)14-7-19(28)27(11-14)17-9-15(22)8-16(23)10-17/h2-3,6,8-10,14H,4-5,7,11H2,1H3,(H,25,29)(H,26,30). The number of anilines is 1. The van der Waals surface area contributed by atoms with Crippen molar-refractivity contribution in [3.63, 3.8) is 0 Å². The van der Waals surface area contributed by atoms with Crippen LogP contribution < -0.4 is 15.5 Å². The molecular weight excluding hydrogens is 399 g/mol. The van der Waals surface area contributed by atoms with Gasteiger partial charge in [0.1, 0.15) is 17.5 Å². The van der Waals surface area contributed by atoms with Crippen molar-refractivity contribution in [2.24, 2.45) is 5.92 Å². The Morgan fingerprint density at radius 1 is 1.03 bits per heavy atom. The third-order valence-corrected chi connectivity index (χ3v) is 4.80. The molecule has 30 heavy (non-hydrogen) atoms. The second-order valence-electron chi connectivity index (χ2n) is 7.04. The molecule has 1 saturated heterocycles. The van der Waals surface area contributed by atoms with E-state index in [0.717, 1.165) is 18.2 Å². The number of benzene rings is 2. The Bertz CT molecular complexity index is 976. The van der Waals surface area contributed by atoms with E-state index in [1.54, 1.807) is 6.92 Å². The molecule has 6 nitrogen and oxygen atoms in total. The number of nitrogens with zero attached hydrogens (tertiary/aromatic N) is 1. The zero-order chi connectivity index (χ0) is 21.8.